The second-order valence-electron chi connectivity index (χ2n) is 6.98. The van der Waals surface area contributed by atoms with Crippen LogP contribution in [-0.2, 0) is 0 Å². The largest absolute Gasteiger partial charge is 0.207 e. The molecule has 0 saturated carbocycles. The highest BCUT2D eigenvalue weighted by molar-refractivity contribution is 7.77. The molecule has 0 N–H and O–H groups in total. The molecule has 0 spiro atoms. The van der Waals surface area contributed by atoms with Crippen LogP contribution in [0.25, 0.3) is 5.57 Å². The predicted molar refractivity (Wildman–Crippen MR) is 124 cm³/mol. The van der Waals surface area contributed by atoms with Gasteiger partial charge in [-0.15, -0.1) is 0 Å². The second-order valence-corrected chi connectivity index (χ2v) is 9.36. The van der Waals surface area contributed by atoms with Crippen molar-refractivity contribution in [2.24, 2.45) is 0 Å². The fourth-order valence-electron chi connectivity index (χ4n) is 3.62. The molecule has 0 radical (unpaired) electrons. The van der Waals surface area contributed by atoms with Crippen molar-refractivity contribution in [1.29, 1.82) is 0 Å². The van der Waals surface area contributed by atoms with Crippen molar-refractivity contribution in [2.45, 2.75) is 6.92 Å². The van der Waals surface area contributed by atoms with Gasteiger partial charge in [0.2, 0.25) is 0 Å². The van der Waals surface area contributed by atoms with E-state index in [0.717, 1.165) is 16.7 Å². The maximum Gasteiger partial charge on any atom is 0.123 e. The number of hydrogen-bond acceptors (Lipinski definition) is 0. The summed E-state index contributed by atoms with van der Waals surface area (Å²) in [5.41, 5.74) is 2.84. The van der Waals surface area contributed by atoms with Gasteiger partial charge in [0.1, 0.15) is 11.6 Å². The first-order valence-electron chi connectivity index (χ1n) is 9.76. The Balaban J connectivity index is 1.98. The minimum absolute atomic E-state index is 0.275. The monoisotopic (exact) mass is 414 g/mol. The van der Waals surface area contributed by atoms with E-state index in [9.17, 15) is 8.78 Å². The van der Waals surface area contributed by atoms with E-state index in [0.29, 0.717) is 0 Å². The zero-order valence-corrected chi connectivity index (χ0v) is 17.5. The lowest BCUT2D eigenvalue weighted by Gasteiger charge is -2.24. The summed E-state index contributed by atoms with van der Waals surface area (Å²) in [4.78, 5) is 0. The third kappa shape index (κ3) is 4.40. The van der Waals surface area contributed by atoms with Crippen LogP contribution in [0.3, 0.4) is 0 Å². The molecule has 0 aliphatic carbocycles. The van der Waals surface area contributed by atoms with Crippen molar-refractivity contribution in [3.05, 3.63) is 137 Å². The van der Waals surface area contributed by atoms with Crippen LogP contribution < -0.4 is 10.6 Å². The first-order valence-corrected chi connectivity index (χ1v) is 11.1. The van der Waals surface area contributed by atoms with Crippen LogP contribution in [0.1, 0.15) is 18.1 Å². The number of rotatable bonds is 5. The van der Waals surface area contributed by atoms with Gasteiger partial charge in [0.15, 0.2) is 0 Å². The molecule has 0 bridgehead atoms. The molecular formula is C27H21F2P. The molecule has 0 saturated heterocycles. The van der Waals surface area contributed by atoms with E-state index in [1.807, 2.05) is 12.1 Å². The van der Waals surface area contributed by atoms with Crippen LogP contribution in [0, 0.1) is 11.6 Å². The van der Waals surface area contributed by atoms with E-state index in [1.165, 1.54) is 40.2 Å². The third-order valence-electron chi connectivity index (χ3n) is 4.99. The lowest BCUT2D eigenvalue weighted by atomic mass is 9.97. The Morgan fingerprint density at radius 2 is 0.900 bits per heavy atom. The molecule has 3 heteroatoms. The Bertz CT molecular complexity index is 1050. The maximum absolute atomic E-state index is 13.6. The van der Waals surface area contributed by atoms with E-state index in [4.69, 9.17) is 0 Å². The minimum atomic E-state index is -0.822. The molecule has 0 atom stereocenters. The van der Waals surface area contributed by atoms with E-state index >= 15 is 0 Å². The van der Waals surface area contributed by atoms with Crippen molar-refractivity contribution < 1.29 is 8.78 Å². The van der Waals surface area contributed by atoms with Crippen molar-refractivity contribution >= 4 is 24.1 Å². The fraction of sp³-hybridized carbons (Fsp3) is 0.0370. The summed E-state index contributed by atoms with van der Waals surface area (Å²) >= 11 is 0. The highest BCUT2D eigenvalue weighted by Crippen LogP contribution is 2.47. The molecule has 148 valence electrons. The standard InChI is InChI=1S/C27H21F2P/c1-20(30(25-8-4-2-5-9-25)26-10-6-3-7-11-26)27(21-12-16-23(28)17-13-21)22-14-18-24(29)19-15-22/h2-19H,1H3. The first kappa shape index (κ1) is 20.2. The molecule has 0 aromatic heterocycles. The Hall–Kier alpha value is -3.09. The summed E-state index contributed by atoms with van der Waals surface area (Å²) in [6.07, 6.45) is 0. The van der Waals surface area contributed by atoms with Crippen LogP contribution in [0.5, 0.6) is 0 Å². The van der Waals surface area contributed by atoms with E-state index in [2.05, 4.69) is 55.5 Å². The van der Waals surface area contributed by atoms with Gasteiger partial charge < -0.3 is 0 Å². The summed E-state index contributed by atoms with van der Waals surface area (Å²) in [6.45, 7) is 2.13. The molecule has 4 rings (SSSR count). The summed E-state index contributed by atoms with van der Waals surface area (Å²) in [6, 6.07) is 33.9. The van der Waals surface area contributed by atoms with Crippen molar-refractivity contribution in [1.82, 2.24) is 0 Å². The SMILES string of the molecule is CC(=C(c1ccc(F)cc1)c1ccc(F)cc1)P(c1ccccc1)c1ccccc1. The molecule has 0 unspecified atom stereocenters. The van der Waals surface area contributed by atoms with Gasteiger partial charge in [-0.3, -0.25) is 0 Å². The second kappa shape index (κ2) is 9.15. The molecule has 0 amide bonds. The smallest absolute Gasteiger partial charge is 0.123 e. The maximum atomic E-state index is 13.6. The average molecular weight is 414 g/mol. The van der Waals surface area contributed by atoms with Gasteiger partial charge in [0, 0.05) is 0 Å². The lowest BCUT2D eigenvalue weighted by molar-refractivity contribution is 0.627. The lowest BCUT2D eigenvalue weighted by Crippen LogP contribution is -2.13. The topological polar surface area (TPSA) is 0 Å². The highest BCUT2D eigenvalue weighted by atomic mass is 31.1. The van der Waals surface area contributed by atoms with Crippen LogP contribution in [0.2, 0.25) is 0 Å². The highest BCUT2D eigenvalue weighted by Gasteiger charge is 2.21. The van der Waals surface area contributed by atoms with Gasteiger partial charge in [0.25, 0.3) is 0 Å². The zero-order valence-electron chi connectivity index (χ0n) is 16.6. The van der Waals surface area contributed by atoms with Gasteiger partial charge in [0.05, 0.1) is 0 Å². The Labute approximate surface area is 177 Å². The number of allylic oxidation sites excluding steroid dienone is 1. The van der Waals surface area contributed by atoms with Crippen LogP contribution in [0.15, 0.2) is 115 Å². The first-order chi connectivity index (χ1) is 14.6. The van der Waals surface area contributed by atoms with Crippen molar-refractivity contribution in [2.75, 3.05) is 0 Å². The van der Waals surface area contributed by atoms with Gasteiger partial charge in [-0.1, -0.05) is 84.9 Å². The van der Waals surface area contributed by atoms with Crippen LogP contribution in [-0.4, -0.2) is 0 Å². The summed E-state index contributed by atoms with van der Waals surface area (Å²) in [7, 11) is -0.822. The fourth-order valence-corrected chi connectivity index (χ4v) is 6.11. The minimum Gasteiger partial charge on any atom is -0.207 e. The number of benzene rings is 4. The van der Waals surface area contributed by atoms with Crippen LogP contribution >= 0.6 is 7.92 Å². The molecule has 4 aromatic carbocycles. The molecular weight excluding hydrogens is 393 g/mol. The molecule has 0 fully saturated rings. The number of hydrogen-bond donors (Lipinski definition) is 0. The normalized spacial score (nSPS) is 10.8. The zero-order chi connectivity index (χ0) is 20.9. The summed E-state index contributed by atoms with van der Waals surface area (Å²) in [5, 5.41) is 3.65. The Morgan fingerprint density at radius 3 is 1.27 bits per heavy atom. The van der Waals surface area contributed by atoms with Gasteiger partial charge in [-0.2, -0.15) is 0 Å². The predicted octanol–water partition coefficient (Wildman–Crippen LogP) is 6.88. The van der Waals surface area contributed by atoms with Crippen molar-refractivity contribution in [3.63, 3.8) is 0 Å². The van der Waals surface area contributed by atoms with Crippen molar-refractivity contribution in [3.8, 4) is 0 Å². The molecule has 0 nitrogen and oxygen atoms in total. The van der Waals surface area contributed by atoms with Crippen LogP contribution in [0.4, 0.5) is 8.78 Å². The Kier molecular flexibility index (Phi) is 6.16. The Morgan fingerprint density at radius 1 is 0.533 bits per heavy atom. The van der Waals surface area contributed by atoms with Gasteiger partial charge in [-0.05, 0) is 71.7 Å². The third-order valence-corrected chi connectivity index (χ3v) is 7.52. The molecule has 0 heterocycles. The van der Waals surface area contributed by atoms with E-state index < -0.39 is 7.92 Å². The quantitative estimate of drug-likeness (QED) is 0.312. The van der Waals surface area contributed by atoms with Gasteiger partial charge >= 0.3 is 0 Å². The number of halogens is 2. The molecule has 0 aliphatic rings. The molecule has 30 heavy (non-hydrogen) atoms. The molecule has 4 aromatic rings. The van der Waals surface area contributed by atoms with E-state index in [-0.39, 0.29) is 11.6 Å². The average Bonchev–Trinajstić information content (AvgIpc) is 2.78. The van der Waals surface area contributed by atoms with E-state index in [1.54, 1.807) is 24.3 Å². The molecule has 0 aliphatic heterocycles. The van der Waals surface area contributed by atoms with Gasteiger partial charge in [-0.25, -0.2) is 8.78 Å². The summed E-state index contributed by atoms with van der Waals surface area (Å²) in [5.74, 6) is -0.550. The summed E-state index contributed by atoms with van der Waals surface area (Å²) < 4.78 is 27.3.